The molecule has 3 aromatic rings. The van der Waals surface area contributed by atoms with E-state index in [1.54, 1.807) is 0 Å². The Morgan fingerprint density at radius 1 is 0.900 bits per heavy atom. The number of carbonyl (C=O) groups excluding carboxylic acids is 3. The molecule has 1 heterocycles. The summed E-state index contributed by atoms with van der Waals surface area (Å²) in [6.07, 6.45) is -2.17. The van der Waals surface area contributed by atoms with Crippen molar-refractivity contribution in [1.29, 1.82) is 0 Å². The first-order chi connectivity index (χ1) is 19.0. The molecule has 0 radical (unpaired) electrons. The molecule has 2 unspecified atom stereocenters. The maximum absolute atomic E-state index is 13.7. The normalized spacial score (nSPS) is 15.4. The van der Waals surface area contributed by atoms with Crippen LogP contribution in [0.25, 0.3) is 0 Å². The molecule has 2 atom stereocenters. The Morgan fingerprint density at radius 3 is 2.00 bits per heavy atom. The predicted molar refractivity (Wildman–Crippen MR) is 135 cm³/mol. The largest absolute Gasteiger partial charge is 0.481 e. The average molecular weight is 552 g/mol. The number of benzene rings is 3. The lowest BCUT2D eigenvalue weighted by Crippen LogP contribution is -2.54. The number of carboxylic acid groups (broad SMARTS) is 1. The van der Waals surface area contributed by atoms with E-state index in [9.17, 15) is 43.2 Å². The van der Waals surface area contributed by atoms with Crippen LogP contribution in [0.15, 0.2) is 72.8 Å². The second-order valence-electron chi connectivity index (χ2n) is 8.90. The van der Waals surface area contributed by atoms with E-state index in [0.29, 0.717) is 0 Å². The van der Waals surface area contributed by atoms with Crippen LogP contribution in [0.5, 0.6) is 0 Å². The molecular formula is C27H22F2N4O7. The Balaban J connectivity index is 1.70. The number of carboxylic acids is 1. The van der Waals surface area contributed by atoms with Crippen molar-refractivity contribution in [1.82, 2.24) is 15.1 Å². The van der Waals surface area contributed by atoms with Crippen LogP contribution < -0.4 is 5.32 Å². The zero-order valence-corrected chi connectivity index (χ0v) is 20.7. The molecule has 0 spiro atoms. The number of nitrogens with zero attached hydrogens (tertiary/aromatic N) is 3. The molecule has 0 bridgehead atoms. The SMILES string of the molecule is O=C(O)CC(NC(=O)C1N(C(=O)c2ccc(F)cc2)CCN1C(=O)c1cccc([N+](=O)[O-])c1)c1ccc(F)cc1. The van der Waals surface area contributed by atoms with Gasteiger partial charge >= 0.3 is 5.97 Å². The summed E-state index contributed by atoms with van der Waals surface area (Å²) in [6, 6.07) is 13.0. The van der Waals surface area contributed by atoms with Crippen molar-refractivity contribution in [2.75, 3.05) is 13.1 Å². The van der Waals surface area contributed by atoms with Gasteiger partial charge in [0.05, 0.1) is 17.4 Å². The molecule has 0 aliphatic carbocycles. The maximum atomic E-state index is 13.7. The molecule has 40 heavy (non-hydrogen) atoms. The summed E-state index contributed by atoms with van der Waals surface area (Å²) in [7, 11) is 0. The molecule has 0 aromatic heterocycles. The van der Waals surface area contributed by atoms with Crippen molar-refractivity contribution in [3.8, 4) is 0 Å². The van der Waals surface area contributed by atoms with E-state index in [2.05, 4.69) is 5.32 Å². The van der Waals surface area contributed by atoms with Gasteiger partial charge in [0.2, 0.25) is 0 Å². The van der Waals surface area contributed by atoms with Gasteiger partial charge in [-0.1, -0.05) is 18.2 Å². The van der Waals surface area contributed by atoms with Gasteiger partial charge in [-0.05, 0) is 48.0 Å². The van der Waals surface area contributed by atoms with Gasteiger partial charge in [-0.25, -0.2) is 8.78 Å². The van der Waals surface area contributed by atoms with Gasteiger partial charge < -0.3 is 20.2 Å². The number of nitro benzene ring substituents is 1. The highest BCUT2D eigenvalue weighted by molar-refractivity contribution is 6.02. The number of nitro groups is 1. The fourth-order valence-electron chi connectivity index (χ4n) is 4.38. The first kappa shape index (κ1) is 27.8. The highest BCUT2D eigenvalue weighted by Gasteiger charge is 2.44. The van der Waals surface area contributed by atoms with Gasteiger partial charge in [0.25, 0.3) is 23.4 Å². The van der Waals surface area contributed by atoms with Gasteiger partial charge in [-0.15, -0.1) is 0 Å². The minimum atomic E-state index is -1.58. The van der Waals surface area contributed by atoms with Crippen molar-refractivity contribution in [3.63, 3.8) is 0 Å². The molecule has 4 rings (SSSR count). The molecule has 13 heteroatoms. The van der Waals surface area contributed by atoms with Crippen LogP contribution in [0.1, 0.15) is 38.7 Å². The first-order valence-corrected chi connectivity index (χ1v) is 11.9. The maximum Gasteiger partial charge on any atom is 0.305 e. The molecule has 11 nitrogen and oxygen atoms in total. The second-order valence-corrected chi connectivity index (χ2v) is 8.90. The van der Waals surface area contributed by atoms with Crippen LogP contribution >= 0.6 is 0 Å². The Bertz CT molecular complexity index is 1460. The fourth-order valence-corrected chi connectivity index (χ4v) is 4.38. The molecule has 0 saturated carbocycles. The third kappa shape index (κ3) is 6.09. The minimum Gasteiger partial charge on any atom is -0.481 e. The van der Waals surface area contributed by atoms with Crippen LogP contribution in [-0.2, 0) is 9.59 Å². The second kappa shape index (κ2) is 11.7. The summed E-state index contributed by atoms with van der Waals surface area (Å²) in [4.78, 5) is 64.7. The van der Waals surface area contributed by atoms with Gasteiger partial charge in [0.1, 0.15) is 11.6 Å². The van der Waals surface area contributed by atoms with Gasteiger partial charge in [-0.2, -0.15) is 0 Å². The molecule has 1 fully saturated rings. The molecular weight excluding hydrogens is 530 g/mol. The van der Waals surface area contributed by atoms with Gasteiger partial charge in [0.15, 0.2) is 6.17 Å². The van der Waals surface area contributed by atoms with E-state index < -0.39 is 58.9 Å². The Hall–Kier alpha value is -5.20. The Morgan fingerprint density at radius 2 is 1.45 bits per heavy atom. The topological polar surface area (TPSA) is 150 Å². The van der Waals surface area contributed by atoms with E-state index in [1.165, 1.54) is 42.5 Å². The van der Waals surface area contributed by atoms with Gasteiger partial charge in [-0.3, -0.25) is 29.3 Å². The van der Waals surface area contributed by atoms with E-state index in [1.807, 2.05) is 0 Å². The van der Waals surface area contributed by atoms with Crippen LogP contribution in [0.2, 0.25) is 0 Å². The average Bonchev–Trinajstić information content (AvgIpc) is 3.38. The number of halogens is 2. The van der Waals surface area contributed by atoms with Crippen LogP contribution in [0.4, 0.5) is 14.5 Å². The molecule has 1 aliphatic heterocycles. The summed E-state index contributed by atoms with van der Waals surface area (Å²) in [5.74, 6) is -4.84. The molecule has 3 aromatic carbocycles. The van der Waals surface area contributed by atoms with E-state index in [4.69, 9.17) is 0 Å². The number of hydrogen-bond acceptors (Lipinski definition) is 6. The number of hydrogen-bond donors (Lipinski definition) is 2. The predicted octanol–water partition coefficient (Wildman–Crippen LogP) is 3.13. The summed E-state index contributed by atoms with van der Waals surface area (Å²) in [5, 5.41) is 23.2. The third-order valence-corrected chi connectivity index (χ3v) is 6.29. The number of amides is 3. The zero-order chi connectivity index (χ0) is 29.0. The lowest BCUT2D eigenvalue weighted by molar-refractivity contribution is -0.384. The molecule has 1 saturated heterocycles. The summed E-state index contributed by atoms with van der Waals surface area (Å²) in [5.41, 5.74) is -0.167. The van der Waals surface area contributed by atoms with Crippen molar-refractivity contribution < 1.29 is 38.0 Å². The molecule has 206 valence electrons. The van der Waals surface area contributed by atoms with Crippen molar-refractivity contribution >= 4 is 29.4 Å². The van der Waals surface area contributed by atoms with E-state index >= 15 is 0 Å². The standard InChI is InChI=1S/C27H22F2N4O7/c28-19-8-4-16(5-9-19)22(15-23(34)35)30-24(36)25-31(26(37)17-6-10-20(29)11-7-17)12-13-32(25)27(38)18-2-1-3-21(14-18)33(39)40/h1-11,14,22,25H,12-13,15H2,(H,30,36)(H,34,35). The number of non-ortho nitro benzene ring substituents is 1. The van der Waals surface area contributed by atoms with Crippen molar-refractivity contribution in [2.45, 2.75) is 18.6 Å². The Kier molecular flexibility index (Phi) is 8.12. The molecule has 3 amide bonds. The van der Waals surface area contributed by atoms with Crippen molar-refractivity contribution in [2.24, 2.45) is 0 Å². The summed E-state index contributed by atoms with van der Waals surface area (Å²) >= 11 is 0. The minimum absolute atomic E-state index is 0.0319. The number of aliphatic carboxylic acids is 1. The van der Waals surface area contributed by atoms with E-state index in [-0.39, 0.29) is 35.5 Å². The third-order valence-electron chi connectivity index (χ3n) is 6.29. The number of carbonyl (C=O) groups is 4. The number of rotatable bonds is 8. The van der Waals surface area contributed by atoms with Crippen molar-refractivity contribution in [3.05, 3.63) is 111 Å². The first-order valence-electron chi connectivity index (χ1n) is 11.9. The van der Waals surface area contributed by atoms with E-state index in [0.717, 1.165) is 40.1 Å². The quantitative estimate of drug-likeness (QED) is 0.322. The fraction of sp³-hybridized carbons (Fsp3) is 0.185. The highest BCUT2D eigenvalue weighted by atomic mass is 19.1. The Labute approximate surface area is 225 Å². The summed E-state index contributed by atoms with van der Waals surface area (Å²) in [6.45, 7) is -0.248. The number of nitrogens with one attached hydrogen (secondary N) is 1. The molecule has 2 N–H and O–H groups in total. The smallest absolute Gasteiger partial charge is 0.305 e. The highest BCUT2D eigenvalue weighted by Crippen LogP contribution is 2.25. The van der Waals surface area contributed by atoms with Crippen LogP contribution in [0, 0.1) is 21.7 Å². The monoisotopic (exact) mass is 552 g/mol. The van der Waals surface area contributed by atoms with Crippen LogP contribution in [-0.4, -0.2) is 62.8 Å². The zero-order valence-electron chi connectivity index (χ0n) is 20.7. The van der Waals surface area contributed by atoms with Gasteiger partial charge in [0, 0.05) is 36.3 Å². The van der Waals surface area contributed by atoms with Crippen LogP contribution in [0.3, 0.4) is 0 Å². The lowest BCUT2D eigenvalue weighted by Gasteiger charge is -2.31. The summed E-state index contributed by atoms with van der Waals surface area (Å²) < 4.78 is 26.9. The molecule has 1 aliphatic rings. The lowest BCUT2D eigenvalue weighted by atomic mass is 10.0.